The van der Waals surface area contributed by atoms with E-state index in [2.05, 4.69) is 37.6 Å². The Balaban J connectivity index is 1.91. The molecular formula is C11H21N7O. The summed E-state index contributed by atoms with van der Waals surface area (Å²) in [7, 11) is 3.66. The lowest BCUT2D eigenvalue weighted by molar-refractivity contribution is 0.226. The van der Waals surface area contributed by atoms with E-state index in [4.69, 9.17) is 10.6 Å². The van der Waals surface area contributed by atoms with Gasteiger partial charge in [-0.3, -0.25) is 5.43 Å². The van der Waals surface area contributed by atoms with Gasteiger partial charge in [-0.05, 0) is 38.9 Å². The number of anilines is 2. The summed E-state index contributed by atoms with van der Waals surface area (Å²) >= 11 is 0. The van der Waals surface area contributed by atoms with E-state index in [1.54, 1.807) is 0 Å². The van der Waals surface area contributed by atoms with Crippen molar-refractivity contribution in [3.8, 4) is 6.01 Å². The maximum absolute atomic E-state index is 5.30. The van der Waals surface area contributed by atoms with Crippen molar-refractivity contribution in [1.29, 1.82) is 0 Å². The average Bonchev–Trinajstić information content (AvgIpc) is 2.46. The molecule has 0 aromatic carbocycles. The van der Waals surface area contributed by atoms with Crippen LogP contribution < -0.4 is 21.3 Å². The molecule has 1 fully saturated rings. The summed E-state index contributed by atoms with van der Waals surface area (Å²) in [5, 5.41) is 3.22. The third-order valence-electron chi connectivity index (χ3n) is 3.31. The molecule has 0 saturated carbocycles. The highest BCUT2D eigenvalue weighted by atomic mass is 16.5. The fourth-order valence-corrected chi connectivity index (χ4v) is 2.09. The number of hydrazine groups is 1. The lowest BCUT2D eigenvalue weighted by Crippen LogP contribution is -2.33. The number of likely N-dealkylation sites (tertiary alicyclic amines) is 1. The molecule has 2 heterocycles. The molecule has 1 aliphatic heterocycles. The Morgan fingerprint density at radius 3 is 2.58 bits per heavy atom. The van der Waals surface area contributed by atoms with Gasteiger partial charge < -0.3 is 15.0 Å². The Bertz CT molecular complexity index is 384. The molecule has 106 valence electrons. The number of aromatic nitrogens is 3. The van der Waals surface area contributed by atoms with E-state index in [1.165, 1.54) is 20.0 Å². The minimum absolute atomic E-state index is 0.244. The smallest absolute Gasteiger partial charge is 0.322 e. The molecule has 1 aliphatic rings. The normalized spacial score (nSPS) is 17.2. The third kappa shape index (κ3) is 3.90. The van der Waals surface area contributed by atoms with Gasteiger partial charge in [0, 0.05) is 6.54 Å². The van der Waals surface area contributed by atoms with Gasteiger partial charge in [0.05, 0.1) is 7.11 Å². The summed E-state index contributed by atoms with van der Waals surface area (Å²) in [4.78, 5) is 14.6. The van der Waals surface area contributed by atoms with E-state index in [1.807, 2.05) is 0 Å². The molecule has 8 nitrogen and oxygen atoms in total. The topological polar surface area (TPSA) is 101 Å². The molecule has 1 saturated heterocycles. The average molecular weight is 267 g/mol. The molecule has 0 unspecified atom stereocenters. The first kappa shape index (κ1) is 13.8. The number of hydrogen-bond acceptors (Lipinski definition) is 8. The number of piperidine rings is 1. The fourth-order valence-electron chi connectivity index (χ4n) is 2.09. The van der Waals surface area contributed by atoms with Gasteiger partial charge >= 0.3 is 6.01 Å². The van der Waals surface area contributed by atoms with Gasteiger partial charge in [-0.2, -0.15) is 15.0 Å². The number of methoxy groups -OCH3 is 1. The number of ether oxygens (including phenoxy) is 1. The molecule has 1 aromatic rings. The number of hydrogen-bond donors (Lipinski definition) is 3. The molecule has 0 radical (unpaired) electrons. The zero-order valence-electron chi connectivity index (χ0n) is 11.4. The summed E-state index contributed by atoms with van der Waals surface area (Å²) in [6.45, 7) is 3.13. The van der Waals surface area contributed by atoms with Crippen LogP contribution in [0.25, 0.3) is 0 Å². The molecule has 2 rings (SSSR count). The van der Waals surface area contributed by atoms with E-state index in [0.717, 1.165) is 19.6 Å². The van der Waals surface area contributed by atoms with Gasteiger partial charge in [0.15, 0.2) is 0 Å². The van der Waals surface area contributed by atoms with Crippen LogP contribution in [-0.4, -0.2) is 53.6 Å². The molecule has 0 spiro atoms. The highest BCUT2D eigenvalue weighted by molar-refractivity contribution is 5.34. The highest BCUT2D eigenvalue weighted by Gasteiger charge is 2.17. The third-order valence-corrected chi connectivity index (χ3v) is 3.31. The molecule has 8 heteroatoms. The summed E-state index contributed by atoms with van der Waals surface area (Å²) < 4.78 is 5.00. The predicted molar refractivity (Wildman–Crippen MR) is 72.9 cm³/mol. The molecule has 0 atom stereocenters. The number of rotatable bonds is 5. The van der Waals surface area contributed by atoms with Crippen molar-refractivity contribution < 1.29 is 4.74 Å². The Morgan fingerprint density at radius 1 is 1.26 bits per heavy atom. The Kier molecular flexibility index (Phi) is 4.69. The van der Waals surface area contributed by atoms with Crippen LogP contribution in [0.1, 0.15) is 12.8 Å². The van der Waals surface area contributed by atoms with E-state index in [9.17, 15) is 0 Å². The lowest BCUT2D eigenvalue weighted by Gasteiger charge is -2.28. The van der Waals surface area contributed by atoms with Crippen molar-refractivity contribution >= 4 is 11.9 Å². The van der Waals surface area contributed by atoms with Crippen LogP contribution in [-0.2, 0) is 0 Å². The fraction of sp³-hybridized carbons (Fsp3) is 0.727. The lowest BCUT2D eigenvalue weighted by atomic mass is 9.97. The Hall–Kier alpha value is -1.67. The van der Waals surface area contributed by atoms with Crippen molar-refractivity contribution in [2.75, 3.05) is 44.5 Å². The van der Waals surface area contributed by atoms with Crippen LogP contribution in [0.3, 0.4) is 0 Å². The largest absolute Gasteiger partial charge is 0.467 e. The molecule has 4 N–H and O–H groups in total. The van der Waals surface area contributed by atoms with Gasteiger partial charge in [0.2, 0.25) is 11.9 Å². The first-order valence-electron chi connectivity index (χ1n) is 6.40. The van der Waals surface area contributed by atoms with Gasteiger partial charge in [0.1, 0.15) is 0 Å². The molecular weight excluding hydrogens is 246 g/mol. The monoisotopic (exact) mass is 267 g/mol. The van der Waals surface area contributed by atoms with Gasteiger partial charge in [0.25, 0.3) is 0 Å². The van der Waals surface area contributed by atoms with E-state index in [0.29, 0.717) is 11.9 Å². The maximum Gasteiger partial charge on any atom is 0.322 e. The van der Waals surface area contributed by atoms with Crippen molar-refractivity contribution in [3.63, 3.8) is 0 Å². The highest BCUT2D eigenvalue weighted by Crippen LogP contribution is 2.17. The maximum atomic E-state index is 5.30. The zero-order valence-corrected chi connectivity index (χ0v) is 11.4. The van der Waals surface area contributed by atoms with Crippen LogP contribution >= 0.6 is 0 Å². The summed E-state index contributed by atoms with van der Waals surface area (Å²) in [6, 6.07) is 0.244. The SMILES string of the molecule is COc1nc(NN)nc(NCC2CCN(C)CC2)n1. The molecule has 0 amide bonds. The van der Waals surface area contributed by atoms with Gasteiger partial charge in [-0.15, -0.1) is 0 Å². The van der Waals surface area contributed by atoms with Crippen molar-refractivity contribution in [3.05, 3.63) is 0 Å². The number of nitrogens with zero attached hydrogens (tertiary/aromatic N) is 4. The predicted octanol–water partition coefficient (Wildman–Crippen LogP) is -0.0805. The van der Waals surface area contributed by atoms with Crippen molar-refractivity contribution in [2.24, 2.45) is 11.8 Å². The first-order chi connectivity index (χ1) is 9.21. The first-order valence-corrected chi connectivity index (χ1v) is 6.40. The quantitative estimate of drug-likeness (QED) is 0.503. The minimum atomic E-state index is 0.244. The standard InChI is InChI=1S/C11H21N7O/c1-18-5-3-8(4-6-18)7-13-9-14-10(17-12)16-11(15-9)19-2/h8H,3-7,12H2,1-2H3,(H2,13,14,15,16,17). The van der Waals surface area contributed by atoms with Crippen LogP contribution in [0, 0.1) is 5.92 Å². The van der Waals surface area contributed by atoms with E-state index < -0.39 is 0 Å². The second-order valence-corrected chi connectivity index (χ2v) is 4.74. The zero-order chi connectivity index (χ0) is 13.7. The second kappa shape index (κ2) is 6.48. The molecule has 0 bridgehead atoms. The summed E-state index contributed by atoms with van der Waals surface area (Å²) in [5.41, 5.74) is 2.40. The van der Waals surface area contributed by atoms with Crippen LogP contribution in [0.5, 0.6) is 6.01 Å². The van der Waals surface area contributed by atoms with E-state index in [-0.39, 0.29) is 12.0 Å². The van der Waals surface area contributed by atoms with Gasteiger partial charge in [-0.1, -0.05) is 0 Å². The Morgan fingerprint density at radius 2 is 1.95 bits per heavy atom. The van der Waals surface area contributed by atoms with Crippen molar-refractivity contribution in [2.45, 2.75) is 12.8 Å². The summed E-state index contributed by atoms with van der Waals surface area (Å²) in [5.74, 6) is 6.73. The summed E-state index contributed by atoms with van der Waals surface area (Å²) in [6.07, 6.45) is 2.38. The molecule has 0 aliphatic carbocycles. The van der Waals surface area contributed by atoms with Crippen LogP contribution in [0.2, 0.25) is 0 Å². The van der Waals surface area contributed by atoms with Crippen LogP contribution in [0.4, 0.5) is 11.9 Å². The number of nitrogens with two attached hydrogens (primary N) is 1. The molecule has 19 heavy (non-hydrogen) atoms. The second-order valence-electron chi connectivity index (χ2n) is 4.74. The van der Waals surface area contributed by atoms with E-state index >= 15 is 0 Å². The van der Waals surface area contributed by atoms with Gasteiger partial charge in [-0.25, -0.2) is 5.84 Å². The van der Waals surface area contributed by atoms with Crippen LogP contribution in [0.15, 0.2) is 0 Å². The van der Waals surface area contributed by atoms with Crippen molar-refractivity contribution in [1.82, 2.24) is 19.9 Å². The molecule has 1 aromatic heterocycles. The number of nitrogen functional groups attached to an aromatic ring is 1. The Labute approximate surface area is 112 Å². The minimum Gasteiger partial charge on any atom is -0.467 e. The number of nitrogens with one attached hydrogen (secondary N) is 2.